The predicted octanol–water partition coefficient (Wildman–Crippen LogP) is 15.0. The normalized spacial score (nSPS) is 12.3. The second-order valence-electron chi connectivity index (χ2n) is 14.3. The summed E-state index contributed by atoms with van der Waals surface area (Å²) in [5, 5.41) is 9.82. The smallest absolute Gasteiger partial charge is 0.165 e. The molecule has 0 aliphatic carbocycles. The fraction of sp³-hybridized carbons (Fsp3) is 0. The summed E-state index contributed by atoms with van der Waals surface area (Å²) in [5.74, 6) is 1.92. The molecule has 4 nitrogen and oxygen atoms in total. The summed E-state index contributed by atoms with van der Waals surface area (Å²) < 4.78 is 14.0. The molecule has 260 valence electrons. The molecular formula is C49H25N3OS3. The van der Waals surface area contributed by atoms with Crippen molar-refractivity contribution in [2.45, 2.75) is 0 Å². The molecule has 8 aromatic carbocycles. The molecule has 13 aromatic rings. The summed E-state index contributed by atoms with van der Waals surface area (Å²) >= 11 is 5.50. The van der Waals surface area contributed by atoms with Crippen LogP contribution in [0.2, 0.25) is 0 Å². The SMILES string of the molecule is c1ccc(-c2nc(-c3ccc4sc5cccc(-c6ccccc6)c5c4c3)nc(-c3ccc4oc5ccc6sc7cc8ccccc8c8sc3c4c5c6c78)n2)cc1. The van der Waals surface area contributed by atoms with Crippen LogP contribution < -0.4 is 0 Å². The Bertz CT molecular complexity index is 3710. The number of hydrogen-bond acceptors (Lipinski definition) is 7. The van der Waals surface area contributed by atoms with Gasteiger partial charge in [0.1, 0.15) is 11.2 Å². The largest absolute Gasteiger partial charge is 0.456 e. The minimum Gasteiger partial charge on any atom is -0.456 e. The van der Waals surface area contributed by atoms with Crippen molar-refractivity contribution >= 4 is 116 Å². The Morgan fingerprint density at radius 3 is 1.93 bits per heavy atom. The average molecular weight is 768 g/mol. The van der Waals surface area contributed by atoms with Crippen molar-refractivity contribution in [3.63, 3.8) is 0 Å². The van der Waals surface area contributed by atoms with Crippen molar-refractivity contribution in [1.29, 1.82) is 0 Å². The number of benzene rings is 8. The van der Waals surface area contributed by atoms with E-state index in [1.165, 1.54) is 72.3 Å². The molecule has 0 bridgehead atoms. The third kappa shape index (κ3) is 4.36. The highest BCUT2D eigenvalue weighted by atomic mass is 32.1. The van der Waals surface area contributed by atoms with Gasteiger partial charge in [0.05, 0.1) is 4.70 Å². The Balaban J connectivity index is 1.12. The maximum absolute atomic E-state index is 6.60. The number of aromatic nitrogens is 3. The van der Waals surface area contributed by atoms with Crippen molar-refractivity contribution in [3.05, 3.63) is 152 Å². The van der Waals surface area contributed by atoms with Crippen LogP contribution in [0.3, 0.4) is 0 Å². The lowest BCUT2D eigenvalue weighted by molar-refractivity contribution is 0.669. The molecule has 0 aliphatic heterocycles. The Morgan fingerprint density at radius 2 is 1.05 bits per heavy atom. The van der Waals surface area contributed by atoms with E-state index in [-0.39, 0.29) is 0 Å². The first kappa shape index (κ1) is 30.8. The monoisotopic (exact) mass is 767 g/mol. The number of thiophene rings is 2. The van der Waals surface area contributed by atoms with Crippen LogP contribution >= 0.6 is 34.0 Å². The van der Waals surface area contributed by atoms with Gasteiger partial charge < -0.3 is 4.42 Å². The Labute approximate surface area is 330 Å². The van der Waals surface area contributed by atoms with Crippen LogP contribution in [0.1, 0.15) is 0 Å². The molecule has 0 fully saturated rings. The third-order valence-corrected chi connectivity index (χ3v) is 14.6. The van der Waals surface area contributed by atoms with Crippen molar-refractivity contribution in [3.8, 4) is 45.3 Å². The average Bonchev–Trinajstić information content (AvgIpc) is 3.91. The first-order valence-electron chi connectivity index (χ1n) is 18.5. The molecular weight excluding hydrogens is 743 g/mol. The van der Waals surface area contributed by atoms with Crippen molar-refractivity contribution in [2.24, 2.45) is 0 Å². The van der Waals surface area contributed by atoms with Gasteiger partial charge in [0.25, 0.3) is 0 Å². The molecule has 0 unspecified atom stereocenters. The minimum absolute atomic E-state index is 0.640. The zero-order chi connectivity index (χ0) is 36.5. The topological polar surface area (TPSA) is 51.8 Å². The summed E-state index contributed by atoms with van der Waals surface area (Å²) in [5.41, 5.74) is 7.07. The molecule has 0 amide bonds. The molecule has 0 atom stereocenters. The van der Waals surface area contributed by atoms with Crippen LogP contribution in [-0.2, 0) is 0 Å². The van der Waals surface area contributed by atoms with Gasteiger partial charge in [-0.3, -0.25) is 0 Å². The van der Waals surface area contributed by atoms with Crippen molar-refractivity contribution in [2.75, 3.05) is 0 Å². The van der Waals surface area contributed by atoms with E-state index in [0.29, 0.717) is 17.5 Å². The summed E-state index contributed by atoms with van der Waals surface area (Å²) in [6.07, 6.45) is 0. The maximum atomic E-state index is 6.60. The molecule has 0 radical (unpaired) electrons. The molecule has 0 aliphatic rings. The van der Waals surface area contributed by atoms with E-state index in [9.17, 15) is 0 Å². The lowest BCUT2D eigenvalue weighted by Gasteiger charge is -2.10. The highest BCUT2D eigenvalue weighted by Crippen LogP contribution is 2.52. The number of nitrogens with zero attached hydrogens (tertiary/aromatic N) is 3. The van der Waals surface area contributed by atoms with Gasteiger partial charge in [0.2, 0.25) is 0 Å². The zero-order valence-electron chi connectivity index (χ0n) is 29.4. The molecule has 0 N–H and O–H groups in total. The summed E-state index contributed by atoms with van der Waals surface area (Å²) in [6.45, 7) is 0. The third-order valence-electron chi connectivity index (χ3n) is 11.1. The van der Waals surface area contributed by atoms with Gasteiger partial charge in [-0.1, -0.05) is 97.1 Å². The highest BCUT2D eigenvalue weighted by molar-refractivity contribution is 7.30. The fourth-order valence-electron chi connectivity index (χ4n) is 8.62. The molecule has 0 spiro atoms. The van der Waals surface area contributed by atoms with E-state index < -0.39 is 0 Å². The molecule has 56 heavy (non-hydrogen) atoms. The van der Waals surface area contributed by atoms with Gasteiger partial charge >= 0.3 is 0 Å². The Kier molecular flexibility index (Phi) is 6.32. The second-order valence-corrected chi connectivity index (χ2v) is 17.5. The van der Waals surface area contributed by atoms with E-state index >= 15 is 0 Å². The standard InChI is InChI=1S/C49H25N3OS3/c1-3-10-26(11-4-1)30-16-9-17-37-40(30)33-24-29(18-22-36(33)54-37)48-50-47(27-12-5-2-6-13-27)51-49(52-48)32-19-20-35-42-41-34(53-35)21-23-38-43(41)44-39(55-38)25-28-14-7-8-15-31(28)45(44)56-46(32)42/h1-25H. The number of fused-ring (bicyclic) bond motifs is 5. The molecule has 0 saturated carbocycles. The number of furan rings is 1. The van der Waals surface area contributed by atoms with Crippen molar-refractivity contribution in [1.82, 2.24) is 15.0 Å². The number of rotatable bonds is 4. The fourth-order valence-corrected chi connectivity index (χ4v) is 12.4. The van der Waals surface area contributed by atoms with Crippen LogP contribution in [0.15, 0.2) is 156 Å². The van der Waals surface area contributed by atoms with E-state index in [1.54, 1.807) is 0 Å². The highest BCUT2D eigenvalue weighted by Gasteiger charge is 2.24. The second kappa shape index (κ2) is 11.5. The lowest BCUT2D eigenvalue weighted by Crippen LogP contribution is -2.00. The van der Waals surface area contributed by atoms with E-state index in [4.69, 9.17) is 19.4 Å². The van der Waals surface area contributed by atoms with E-state index in [0.717, 1.165) is 37.9 Å². The Hall–Kier alpha value is -6.51. The van der Waals surface area contributed by atoms with E-state index in [2.05, 4.69) is 133 Å². The van der Waals surface area contributed by atoms with Gasteiger partial charge in [-0.15, -0.1) is 34.0 Å². The van der Waals surface area contributed by atoms with Crippen LogP contribution in [-0.4, -0.2) is 15.0 Å². The van der Waals surface area contributed by atoms with Gasteiger partial charge in [0, 0.05) is 72.5 Å². The quantitative estimate of drug-likeness (QED) is 0.179. The van der Waals surface area contributed by atoms with Crippen LogP contribution in [0.5, 0.6) is 0 Å². The molecule has 5 aromatic heterocycles. The maximum Gasteiger partial charge on any atom is 0.165 e. The zero-order valence-corrected chi connectivity index (χ0v) is 31.9. The molecule has 0 saturated heterocycles. The van der Waals surface area contributed by atoms with Gasteiger partial charge in [0.15, 0.2) is 17.5 Å². The molecule has 7 heteroatoms. The Morgan fingerprint density at radius 1 is 0.357 bits per heavy atom. The van der Waals surface area contributed by atoms with Crippen LogP contribution in [0.25, 0.3) is 128 Å². The summed E-state index contributed by atoms with van der Waals surface area (Å²) in [7, 11) is 0. The van der Waals surface area contributed by atoms with Gasteiger partial charge in [-0.05, 0) is 76.5 Å². The molecule has 13 rings (SSSR count). The first-order chi connectivity index (χ1) is 27.7. The minimum atomic E-state index is 0.640. The van der Waals surface area contributed by atoms with Crippen LogP contribution in [0, 0.1) is 0 Å². The van der Waals surface area contributed by atoms with Crippen LogP contribution in [0.4, 0.5) is 0 Å². The molecule has 5 heterocycles. The summed E-state index contributed by atoms with van der Waals surface area (Å²) in [4.78, 5) is 15.8. The van der Waals surface area contributed by atoms with E-state index in [1.807, 2.05) is 52.2 Å². The lowest BCUT2D eigenvalue weighted by atomic mass is 9.99. The number of hydrogen-bond donors (Lipinski definition) is 0. The predicted molar refractivity (Wildman–Crippen MR) is 239 cm³/mol. The van der Waals surface area contributed by atoms with Crippen molar-refractivity contribution < 1.29 is 4.42 Å². The van der Waals surface area contributed by atoms with Gasteiger partial charge in [-0.2, -0.15) is 0 Å². The first-order valence-corrected chi connectivity index (χ1v) is 21.0. The van der Waals surface area contributed by atoms with Gasteiger partial charge in [-0.25, -0.2) is 15.0 Å². The summed E-state index contributed by atoms with van der Waals surface area (Å²) in [6, 6.07) is 53.8.